The number of ether oxygens (including phenoxy) is 3. The molecule has 1 heterocycles. The average molecular weight is 284 g/mol. The van der Waals surface area contributed by atoms with Gasteiger partial charge in [0.1, 0.15) is 0 Å². The molecular weight excluding hydrogens is 256 g/mol. The summed E-state index contributed by atoms with van der Waals surface area (Å²) in [5.41, 5.74) is -0.600. The zero-order valence-electron chi connectivity index (χ0n) is 12.7. The van der Waals surface area contributed by atoms with Crippen LogP contribution in [0.25, 0.3) is 0 Å². The van der Waals surface area contributed by atoms with E-state index in [1.807, 2.05) is 0 Å². The van der Waals surface area contributed by atoms with E-state index in [-0.39, 0.29) is 5.97 Å². The molecule has 1 unspecified atom stereocenters. The highest BCUT2D eigenvalue weighted by molar-refractivity contribution is 5.82. The summed E-state index contributed by atoms with van der Waals surface area (Å²) in [6.45, 7) is 1.38. The zero-order chi connectivity index (χ0) is 14.3. The van der Waals surface area contributed by atoms with Gasteiger partial charge in [-0.25, -0.2) is 4.79 Å². The van der Waals surface area contributed by atoms with Crippen LogP contribution in [0.3, 0.4) is 0 Å². The van der Waals surface area contributed by atoms with Crippen LogP contribution in [-0.4, -0.2) is 38.0 Å². The maximum Gasteiger partial charge on any atom is 0.340 e. The van der Waals surface area contributed by atoms with Crippen molar-refractivity contribution in [1.29, 1.82) is 0 Å². The molecule has 1 atom stereocenters. The molecule has 1 aliphatic heterocycles. The monoisotopic (exact) mass is 284 g/mol. The number of hydrogen-bond donors (Lipinski definition) is 0. The van der Waals surface area contributed by atoms with E-state index in [0.717, 1.165) is 32.3 Å². The molecule has 4 nitrogen and oxygen atoms in total. The Morgan fingerprint density at radius 2 is 1.85 bits per heavy atom. The molecule has 0 N–H and O–H groups in total. The van der Waals surface area contributed by atoms with Gasteiger partial charge in [0.15, 0.2) is 5.60 Å². The second kappa shape index (κ2) is 7.99. The second-order valence-electron chi connectivity index (χ2n) is 6.07. The lowest BCUT2D eigenvalue weighted by Crippen LogP contribution is -2.25. The Morgan fingerprint density at radius 1 is 1.15 bits per heavy atom. The molecule has 4 heteroatoms. The summed E-state index contributed by atoms with van der Waals surface area (Å²) in [7, 11) is 1.42. The number of unbranched alkanes of at least 4 members (excludes halogenated alkanes) is 2. The molecule has 20 heavy (non-hydrogen) atoms. The van der Waals surface area contributed by atoms with Crippen molar-refractivity contribution in [1.82, 2.24) is 0 Å². The van der Waals surface area contributed by atoms with Gasteiger partial charge in [-0.2, -0.15) is 0 Å². The van der Waals surface area contributed by atoms with E-state index in [2.05, 4.69) is 0 Å². The Labute approximate surface area is 122 Å². The Kier molecular flexibility index (Phi) is 6.30. The molecule has 2 rings (SSSR count). The summed E-state index contributed by atoms with van der Waals surface area (Å²) in [6, 6.07) is 0. The van der Waals surface area contributed by atoms with Gasteiger partial charge in [-0.05, 0) is 32.1 Å². The van der Waals surface area contributed by atoms with Crippen molar-refractivity contribution in [3.05, 3.63) is 0 Å². The number of esters is 1. The number of rotatable bonds is 8. The van der Waals surface area contributed by atoms with Crippen molar-refractivity contribution in [2.24, 2.45) is 0 Å². The fourth-order valence-corrected chi connectivity index (χ4v) is 2.99. The van der Waals surface area contributed by atoms with Crippen LogP contribution in [0.1, 0.15) is 64.2 Å². The van der Waals surface area contributed by atoms with Gasteiger partial charge >= 0.3 is 5.97 Å². The molecule has 0 radical (unpaired) electrons. The van der Waals surface area contributed by atoms with Gasteiger partial charge < -0.3 is 14.2 Å². The van der Waals surface area contributed by atoms with Crippen molar-refractivity contribution in [2.45, 2.75) is 75.9 Å². The highest BCUT2D eigenvalue weighted by Gasteiger charge is 2.52. The van der Waals surface area contributed by atoms with Gasteiger partial charge in [0.05, 0.1) is 19.8 Å². The summed E-state index contributed by atoms with van der Waals surface area (Å²) < 4.78 is 16.0. The lowest BCUT2D eigenvalue weighted by atomic mass is 10.0. The number of carbonyl (C=O) groups is 1. The third-order valence-electron chi connectivity index (χ3n) is 4.43. The summed E-state index contributed by atoms with van der Waals surface area (Å²) in [5.74, 6) is -0.216. The largest absolute Gasteiger partial charge is 0.467 e. The first-order chi connectivity index (χ1) is 9.77. The fraction of sp³-hybridized carbons (Fsp3) is 0.938. The number of hydrogen-bond acceptors (Lipinski definition) is 4. The number of epoxide rings is 1. The molecule has 0 aromatic carbocycles. The molecule has 0 aromatic rings. The standard InChI is InChI=1S/C16H28O4/c1-18-15(17)16(13-20-16)11-7-4-8-12-19-14-9-5-2-3-6-10-14/h14H,2-13H2,1H3. The van der Waals surface area contributed by atoms with E-state index < -0.39 is 5.60 Å². The van der Waals surface area contributed by atoms with E-state index in [9.17, 15) is 4.79 Å². The zero-order valence-corrected chi connectivity index (χ0v) is 12.7. The van der Waals surface area contributed by atoms with Crippen LogP contribution in [0.2, 0.25) is 0 Å². The molecule has 1 saturated heterocycles. The molecule has 0 aromatic heterocycles. The van der Waals surface area contributed by atoms with E-state index in [4.69, 9.17) is 14.2 Å². The number of methoxy groups -OCH3 is 1. The average Bonchev–Trinajstić information content (AvgIpc) is 3.27. The maximum absolute atomic E-state index is 11.5. The van der Waals surface area contributed by atoms with Gasteiger partial charge in [0, 0.05) is 6.61 Å². The first-order valence-corrected chi connectivity index (χ1v) is 8.11. The van der Waals surface area contributed by atoms with Gasteiger partial charge in [-0.15, -0.1) is 0 Å². The van der Waals surface area contributed by atoms with Crippen molar-refractivity contribution in [3.8, 4) is 0 Å². The molecule has 0 amide bonds. The SMILES string of the molecule is COC(=O)C1(CCCCCOC2CCCCCC2)CO1. The van der Waals surface area contributed by atoms with Crippen LogP contribution >= 0.6 is 0 Å². The molecule has 2 fully saturated rings. The maximum atomic E-state index is 11.5. The van der Waals surface area contributed by atoms with Crippen LogP contribution in [-0.2, 0) is 19.0 Å². The summed E-state index contributed by atoms with van der Waals surface area (Å²) in [6.07, 6.45) is 12.3. The quantitative estimate of drug-likeness (QED) is 0.297. The number of carbonyl (C=O) groups excluding carboxylic acids is 1. The first kappa shape index (κ1) is 15.8. The minimum atomic E-state index is -0.600. The minimum Gasteiger partial charge on any atom is -0.467 e. The highest BCUT2D eigenvalue weighted by atomic mass is 16.6. The van der Waals surface area contributed by atoms with E-state index in [1.165, 1.54) is 45.6 Å². The van der Waals surface area contributed by atoms with E-state index in [0.29, 0.717) is 12.7 Å². The Bertz CT molecular complexity index is 291. The smallest absolute Gasteiger partial charge is 0.340 e. The van der Waals surface area contributed by atoms with Crippen molar-refractivity contribution >= 4 is 5.97 Å². The summed E-state index contributed by atoms with van der Waals surface area (Å²) >= 11 is 0. The molecule has 0 bridgehead atoms. The van der Waals surface area contributed by atoms with Crippen molar-refractivity contribution in [2.75, 3.05) is 20.3 Å². The molecule has 1 saturated carbocycles. The van der Waals surface area contributed by atoms with Crippen molar-refractivity contribution in [3.63, 3.8) is 0 Å². The Balaban J connectivity index is 1.48. The highest BCUT2D eigenvalue weighted by Crippen LogP contribution is 2.34. The van der Waals surface area contributed by atoms with E-state index in [1.54, 1.807) is 0 Å². The summed E-state index contributed by atoms with van der Waals surface area (Å²) in [5, 5.41) is 0. The lowest BCUT2D eigenvalue weighted by molar-refractivity contribution is -0.147. The molecule has 2 aliphatic rings. The summed E-state index contributed by atoms with van der Waals surface area (Å²) in [4.78, 5) is 11.5. The van der Waals surface area contributed by atoms with Gasteiger partial charge in [-0.3, -0.25) is 0 Å². The minimum absolute atomic E-state index is 0.216. The Hall–Kier alpha value is -0.610. The predicted octanol–water partition coefficient (Wildman–Crippen LogP) is 3.23. The van der Waals surface area contributed by atoms with Gasteiger partial charge in [0.2, 0.25) is 0 Å². The third kappa shape index (κ3) is 4.74. The fourth-order valence-electron chi connectivity index (χ4n) is 2.99. The van der Waals surface area contributed by atoms with Crippen LogP contribution in [0.15, 0.2) is 0 Å². The van der Waals surface area contributed by atoms with Crippen LogP contribution < -0.4 is 0 Å². The molecule has 116 valence electrons. The van der Waals surface area contributed by atoms with Crippen molar-refractivity contribution < 1.29 is 19.0 Å². The third-order valence-corrected chi connectivity index (χ3v) is 4.43. The van der Waals surface area contributed by atoms with Gasteiger partial charge in [0.25, 0.3) is 0 Å². The van der Waals surface area contributed by atoms with Crippen LogP contribution in [0.4, 0.5) is 0 Å². The van der Waals surface area contributed by atoms with E-state index >= 15 is 0 Å². The normalized spacial score (nSPS) is 27.1. The first-order valence-electron chi connectivity index (χ1n) is 8.11. The second-order valence-corrected chi connectivity index (χ2v) is 6.07. The molecule has 0 spiro atoms. The topological polar surface area (TPSA) is 48.1 Å². The predicted molar refractivity (Wildman–Crippen MR) is 76.6 cm³/mol. The lowest BCUT2D eigenvalue weighted by Gasteiger charge is -2.15. The van der Waals surface area contributed by atoms with Crippen LogP contribution in [0, 0.1) is 0 Å². The molecular formula is C16H28O4. The molecule has 1 aliphatic carbocycles. The van der Waals surface area contributed by atoms with Crippen LogP contribution in [0.5, 0.6) is 0 Å². The van der Waals surface area contributed by atoms with Gasteiger partial charge in [-0.1, -0.05) is 32.1 Å². The Morgan fingerprint density at radius 3 is 2.45 bits per heavy atom.